The summed E-state index contributed by atoms with van der Waals surface area (Å²) in [5.74, 6) is 2.65. The van der Waals surface area contributed by atoms with Gasteiger partial charge in [-0.2, -0.15) is 4.98 Å². The molecule has 2 heterocycles. The fourth-order valence-corrected chi connectivity index (χ4v) is 4.12. The zero-order valence-corrected chi connectivity index (χ0v) is 17.3. The predicted molar refractivity (Wildman–Crippen MR) is 119 cm³/mol. The Morgan fingerprint density at radius 3 is 2.66 bits per heavy atom. The Kier molecular flexibility index (Phi) is 6.49. The SMILES string of the molecule is COc1ccccc1N1CCN(c2nccc(NCCC3=CCCCC3)n2)CC1. The maximum atomic E-state index is 5.51. The standard InChI is InChI=1S/C23H31N5O/c1-29-21-10-6-5-9-20(21)27-15-17-28(18-16-27)23-25-14-12-22(26-23)24-13-11-19-7-3-2-4-8-19/h5-7,9-10,12,14H,2-4,8,11,13,15-18H2,1H3,(H,24,25,26). The number of rotatable bonds is 7. The molecule has 6 heteroatoms. The van der Waals surface area contributed by atoms with E-state index in [1.165, 1.54) is 25.7 Å². The maximum absolute atomic E-state index is 5.51. The fraction of sp³-hybridized carbons (Fsp3) is 0.478. The summed E-state index contributed by atoms with van der Waals surface area (Å²) in [5, 5.41) is 3.48. The van der Waals surface area contributed by atoms with E-state index in [4.69, 9.17) is 9.72 Å². The summed E-state index contributed by atoms with van der Waals surface area (Å²) in [4.78, 5) is 13.9. The molecule has 0 saturated carbocycles. The van der Waals surface area contributed by atoms with E-state index in [9.17, 15) is 0 Å². The van der Waals surface area contributed by atoms with E-state index < -0.39 is 0 Å². The number of hydrogen-bond donors (Lipinski definition) is 1. The van der Waals surface area contributed by atoms with Gasteiger partial charge in [-0.25, -0.2) is 4.98 Å². The first-order valence-corrected chi connectivity index (χ1v) is 10.7. The molecule has 1 aromatic heterocycles. The van der Waals surface area contributed by atoms with Gasteiger partial charge in [-0.1, -0.05) is 23.8 Å². The third kappa shape index (κ3) is 5.00. The van der Waals surface area contributed by atoms with Crippen LogP contribution in [0, 0.1) is 0 Å². The molecule has 1 saturated heterocycles. The Morgan fingerprint density at radius 2 is 1.86 bits per heavy atom. The molecule has 1 aliphatic heterocycles. The normalized spacial score (nSPS) is 17.1. The first-order chi connectivity index (χ1) is 14.3. The third-order valence-electron chi connectivity index (χ3n) is 5.77. The molecule has 2 aromatic rings. The van der Waals surface area contributed by atoms with Crippen LogP contribution in [0.4, 0.5) is 17.5 Å². The Morgan fingerprint density at radius 1 is 1.03 bits per heavy atom. The highest BCUT2D eigenvalue weighted by molar-refractivity contribution is 5.59. The molecule has 0 atom stereocenters. The van der Waals surface area contributed by atoms with Gasteiger partial charge in [0, 0.05) is 38.9 Å². The zero-order chi connectivity index (χ0) is 19.9. The number of methoxy groups -OCH3 is 1. The van der Waals surface area contributed by atoms with Crippen molar-refractivity contribution in [3.8, 4) is 5.75 Å². The summed E-state index contributed by atoms with van der Waals surface area (Å²) in [6.45, 7) is 4.58. The van der Waals surface area contributed by atoms with Crippen molar-refractivity contribution in [2.45, 2.75) is 32.1 Å². The number of ether oxygens (including phenoxy) is 1. The summed E-state index contributed by atoms with van der Waals surface area (Å²) in [6.07, 6.45) is 10.6. The van der Waals surface area contributed by atoms with E-state index in [1.54, 1.807) is 12.7 Å². The second kappa shape index (κ2) is 9.63. The van der Waals surface area contributed by atoms with Gasteiger partial charge in [0.15, 0.2) is 0 Å². The summed E-state index contributed by atoms with van der Waals surface area (Å²) < 4.78 is 5.51. The molecule has 154 valence electrons. The van der Waals surface area contributed by atoms with Gasteiger partial charge in [0.25, 0.3) is 0 Å². The van der Waals surface area contributed by atoms with Gasteiger partial charge in [0.05, 0.1) is 12.8 Å². The highest BCUT2D eigenvalue weighted by Crippen LogP contribution is 2.29. The van der Waals surface area contributed by atoms with Gasteiger partial charge < -0.3 is 19.9 Å². The molecular formula is C23H31N5O. The Bertz CT molecular complexity index is 830. The minimum Gasteiger partial charge on any atom is -0.495 e. The van der Waals surface area contributed by atoms with Crippen molar-refractivity contribution in [2.24, 2.45) is 0 Å². The lowest BCUT2D eigenvalue weighted by Crippen LogP contribution is -2.47. The number of hydrogen-bond acceptors (Lipinski definition) is 6. The molecule has 1 N–H and O–H groups in total. The molecule has 6 nitrogen and oxygen atoms in total. The Balaban J connectivity index is 1.31. The average Bonchev–Trinajstić information content (AvgIpc) is 2.80. The average molecular weight is 394 g/mol. The molecule has 0 unspecified atom stereocenters. The van der Waals surface area contributed by atoms with Gasteiger partial charge in [-0.3, -0.25) is 0 Å². The van der Waals surface area contributed by atoms with Crippen molar-refractivity contribution >= 4 is 17.5 Å². The monoisotopic (exact) mass is 393 g/mol. The van der Waals surface area contributed by atoms with Gasteiger partial charge >= 0.3 is 0 Å². The molecule has 0 radical (unpaired) electrons. The zero-order valence-electron chi connectivity index (χ0n) is 17.3. The van der Waals surface area contributed by atoms with E-state index in [1.807, 2.05) is 24.4 Å². The molecular weight excluding hydrogens is 362 g/mol. The molecule has 0 spiro atoms. The highest BCUT2D eigenvalue weighted by Gasteiger charge is 2.21. The smallest absolute Gasteiger partial charge is 0.227 e. The molecule has 29 heavy (non-hydrogen) atoms. The molecule has 1 fully saturated rings. The number of para-hydroxylation sites is 2. The van der Waals surface area contributed by atoms with Crippen molar-refractivity contribution < 1.29 is 4.74 Å². The van der Waals surface area contributed by atoms with E-state index in [-0.39, 0.29) is 0 Å². The molecule has 1 aliphatic carbocycles. The Hall–Kier alpha value is -2.76. The number of nitrogens with one attached hydrogen (secondary N) is 1. The van der Waals surface area contributed by atoms with Crippen molar-refractivity contribution in [3.63, 3.8) is 0 Å². The van der Waals surface area contributed by atoms with Crippen LogP contribution in [0.15, 0.2) is 48.2 Å². The highest BCUT2D eigenvalue weighted by atomic mass is 16.5. The van der Waals surface area contributed by atoms with Crippen LogP contribution in [0.5, 0.6) is 5.75 Å². The van der Waals surface area contributed by atoms with Crippen LogP contribution in [0.3, 0.4) is 0 Å². The van der Waals surface area contributed by atoms with Crippen LogP contribution < -0.4 is 19.9 Å². The van der Waals surface area contributed by atoms with Crippen molar-refractivity contribution in [3.05, 3.63) is 48.2 Å². The second-order valence-corrected chi connectivity index (χ2v) is 7.67. The molecule has 2 aliphatic rings. The van der Waals surface area contributed by atoms with Crippen molar-refractivity contribution in [1.82, 2.24) is 9.97 Å². The van der Waals surface area contributed by atoms with E-state index in [2.05, 4.69) is 38.3 Å². The summed E-state index contributed by atoms with van der Waals surface area (Å²) in [6, 6.07) is 10.2. The van der Waals surface area contributed by atoms with Gasteiger partial charge in [0.2, 0.25) is 5.95 Å². The van der Waals surface area contributed by atoms with Crippen LogP contribution in [-0.2, 0) is 0 Å². The number of nitrogens with zero attached hydrogens (tertiary/aromatic N) is 4. The molecule has 0 amide bonds. The minimum atomic E-state index is 0.812. The number of benzene rings is 1. The summed E-state index contributed by atoms with van der Waals surface area (Å²) >= 11 is 0. The first-order valence-electron chi connectivity index (χ1n) is 10.7. The molecule has 0 bridgehead atoms. The summed E-state index contributed by atoms with van der Waals surface area (Å²) in [5.41, 5.74) is 2.74. The van der Waals surface area contributed by atoms with Crippen LogP contribution >= 0.6 is 0 Å². The summed E-state index contributed by atoms with van der Waals surface area (Å²) in [7, 11) is 1.73. The van der Waals surface area contributed by atoms with Crippen molar-refractivity contribution in [1.29, 1.82) is 0 Å². The number of aromatic nitrogens is 2. The van der Waals surface area contributed by atoms with Crippen LogP contribution in [0.1, 0.15) is 32.1 Å². The largest absolute Gasteiger partial charge is 0.495 e. The van der Waals surface area contributed by atoms with Crippen LogP contribution in [-0.4, -0.2) is 49.8 Å². The quantitative estimate of drug-likeness (QED) is 0.715. The topological polar surface area (TPSA) is 53.5 Å². The first kappa shape index (κ1) is 19.6. The predicted octanol–water partition coefficient (Wildman–Crippen LogP) is 4.11. The lowest BCUT2D eigenvalue weighted by Gasteiger charge is -2.36. The number of piperazine rings is 1. The van der Waals surface area contributed by atoms with Gasteiger partial charge in [-0.05, 0) is 50.3 Å². The third-order valence-corrected chi connectivity index (χ3v) is 5.77. The second-order valence-electron chi connectivity index (χ2n) is 7.67. The maximum Gasteiger partial charge on any atom is 0.227 e. The van der Waals surface area contributed by atoms with E-state index in [0.717, 1.165) is 62.3 Å². The molecule has 1 aromatic carbocycles. The number of anilines is 3. The fourth-order valence-electron chi connectivity index (χ4n) is 4.12. The van der Waals surface area contributed by atoms with Gasteiger partial charge in [0.1, 0.15) is 11.6 Å². The lowest BCUT2D eigenvalue weighted by atomic mass is 9.97. The van der Waals surface area contributed by atoms with E-state index >= 15 is 0 Å². The minimum absolute atomic E-state index is 0.812. The molecule has 4 rings (SSSR count). The number of allylic oxidation sites excluding steroid dienone is 1. The lowest BCUT2D eigenvalue weighted by molar-refractivity contribution is 0.413. The Labute approximate surface area is 173 Å². The van der Waals surface area contributed by atoms with Crippen molar-refractivity contribution in [2.75, 3.05) is 55.0 Å². The van der Waals surface area contributed by atoms with Crippen LogP contribution in [0.2, 0.25) is 0 Å². The van der Waals surface area contributed by atoms with Crippen LogP contribution in [0.25, 0.3) is 0 Å². The van der Waals surface area contributed by atoms with E-state index in [0.29, 0.717) is 0 Å². The van der Waals surface area contributed by atoms with Gasteiger partial charge in [-0.15, -0.1) is 0 Å².